The summed E-state index contributed by atoms with van der Waals surface area (Å²) in [6, 6.07) is 4.14. The SMILES string of the molecule is CCN(CC)c1ccc(C(=O)NC2CCCCCC2)nc1. The van der Waals surface area contributed by atoms with Crippen LogP contribution in [0.3, 0.4) is 0 Å². The Labute approximate surface area is 127 Å². The van der Waals surface area contributed by atoms with Crippen LogP contribution in [0.25, 0.3) is 0 Å². The Kier molecular flexibility index (Phi) is 6.03. The van der Waals surface area contributed by atoms with Gasteiger partial charge in [-0.3, -0.25) is 4.79 Å². The van der Waals surface area contributed by atoms with Crippen molar-refractivity contribution < 1.29 is 4.79 Å². The molecule has 1 N–H and O–H groups in total. The number of nitrogens with zero attached hydrogens (tertiary/aromatic N) is 2. The summed E-state index contributed by atoms with van der Waals surface area (Å²) < 4.78 is 0. The number of pyridine rings is 1. The third-order valence-electron chi connectivity index (χ3n) is 4.30. The molecule has 4 nitrogen and oxygen atoms in total. The first-order valence-electron chi connectivity index (χ1n) is 8.26. The maximum absolute atomic E-state index is 12.3. The fraction of sp³-hybridized carbons (Fsp3) is 0.647. The zero-order chi connectivity index (χ0) is 15.1. The summed E-state index contributed by atoms with van der Waals surface area (Å²) in [5.74, 6) is -0.0343. The molecular weight excluding hydrogens is 262 g/mol. The fourth-order valence-electron chi connectivity index (χ4n) is 2.98. The molecule has 0 saturated heterocycles. The number of carbonyl (C=O) groups excluding carboxylic acids is 1. The first-order chi connectivity index (χ1) is 10.2. The van der Waals surface area contributed by atoms with Gasteiger partial charge in [-0.05, 0) is 38.8 Å². The van der Waals surface area contributed by atoms with E-state index in [1.165, 1.54) is 25.7 Å². The average Bonchev–Trinajstić information content (AvgIpc) is 2.78. The van der Waals surface area contributed by atoms with Crippen molar-refractivity contribution in [3.05, 3.63) is 24.0 Å². The third kappa shape index (κ3) is 4.45. The molecule has 1 aromatic heterocycles. The number of hydrogen-bond donors (Lipinski definition) is 1. The van der Waals surface area contributed by atoms with Crippen molar-refractivity contribution in [1.82, 2.24) is 10.3 Å². The van der Waals surface area contributed by atoms with E-state index in [-0.39, 0.29) is 5.91 Å². The van der Waals surface area contributed by atoms with Crippen LogP contribution in [-0.2, 0) is 0 Å². The maximum atomic E-state index is 12.3. The van der Waals surface area contributed by atoms with E-state index in [0.29, 0.717) is 11.7 Å². The van der Waals surface area contributed by atoms with Gasteiger partial charge < -0.3 is 10.2 Å². The van der Waals surface area contributed by atoms with E-state index < -0.39 is 0 Å². The normalized spacial score (nSPS) is 16.3. The fourth-order valence-corrected chi connectivity index (χ4v) is 2.98. The van der Waals surface area contributed by atoms with Gasteiger partial charge in [0.05, 0.1) is 11.9 Å². The highest BCUT2D eigenvalue weighted by atomic mass is 16.1. The Balaban J connectivity index is 1.95. The Hall–Kier alpha value is -1.58. The van der Waals surface area contributed by atoms with Crippen LogP contribution in [0.1, 0.15) is 62.9 Å². The maximum Gasteiger partial charge on any atom is 0.270 e. The minimum absolute atomic E-state index is 0.0343. The quantitative estimate of drug-likeness (QED) is 0.845. The van der Waals surface area contributed by atoms with Gasteiger partial charge in [0, 0.05) is 19.1 Å². The second-order valence-electron chi connectivity index (χ2n) is 5.74. The van der Waals surface area contributed by atoms with Crippen LogP contribution in [0.2, 0.25) is 0 Å². The van der Waals surface area contributed by atoms with Gasteiger partial charge in [-0.1, -0.05) is 25.7 Å². The summed E-state index contributed by atoms with van der Waals surface area (Å²) in [7, 11) is 0. The molecule has 1 heterocycles. The molecule has 4 heteroatoms. The number of aromatic nitrogens is 1. The molecule has 1 fully saturated rings. The van der Waals surface area contributed by atoms with Crippen molar-refractivity contribution in [1.29, 1.82) is 0 Å². The van der Waals surface area contributed by atoms with Crippen LogP contribution in [0.5, 0.6) is 0 Å². The predicted molar refractivity (Wildman–Crippen MR) is 86.8 cm³/mol. The first-order valence-corrected chi connectivity index (χ1v) is 8.26. The van der Waals surface area contributed by atoms with E-state index in [0.717, 1.165) is 31.6 Å². The van der Waals surface area contributed by atoms with Gasteiger partial charge in [0.25, 0.3) is 5.91 Å². The summed E-state index contributed by atoms with van der Waals surface area (Å²) >= 11 is 0. The van der Waals surface area contributed by atoms with Gasteiger partial charge in [-0.2, -0.15) is 0 Å². The summed E-state index contributed by atoms with van der Waals surface area (Å²) in [5, 5.41) is 3.14. The number of hydrogen-bond acceptors (Lipinski definition) is 3. The lowest BCUT2D eigenvalue weighted by Gasteiger charge is -2.20. The number of anilines is 1. The molecule has 116 valence electrons. The second-order valence-corrected chi connectivity index (χ2v) is 5.74. The third-order valence-corrected chi connectivity index (χ3v) is 4.30. The van der Waals surface area contributed by atoms with E-state index in [4.69, 9.17) is 0 Å². The van der Waals surface area contributed by atoms with Crippen LogP contribution >= 0.6 is 0 Å². The lowest BCUT2D eigenvalue weighted by Crippen LogP contribution is -2.34. The molecule has 1 aliphatic carbocycles. The van der Waals surface area contributed by atoms with Crippen molar-refractivity contribution in [2.45, 2.75) is 58.4 Å². The van der Waals surface area contributed by atoms with Crippen LogP contribution < -0.4 is 10.2 Å². The van der Waals surface area contributed by atoms with Gasteiger partial charge in [-0.15, -0.1) is 0 Å². The summed E-state index contributed by atoms with van der Waals surface area (Å²) in [5.41, 5.74) is 1.60. The van der Waals surface area contributed by atoms with Crippen LogP contribution in [0.4, 0.5) is 5.69 Å². The molecule has 0 bridgehead atoms. The Morgan fingerprint density at radius 3 is 2.38 bits per heavy atom. The molecule has 1 amide bonds. The standard InChI is InChI=1S/C17H27N3O/c1-3-20(4-2)15-11-12-16(18-13-15)17(21)19-14-9-7-5-6-8-10-14/h11-14H,3-10H2,1-2H3,(H,19,21). The van der Waals surface area contributed by atoms with Gasteiger partial charge >= 0.3 is 0 Å². The highest BCUT2D eigenvalue weighted by Gasteiger charge is 2.16. The molecule has 0 aliphatic heterocycles. The molecule has 0 unspecified atom stereocenters. The molecule has 0 atom stereocenters. The number of nitrogens with one attached hydrogen (secondary N) is 1. The average molecular weight is 289 g/mol. The summed E-state index contributed by atoms with van der Waals surface area (Å²) in [6.07, 6.45) is 9.03. The molecule has 0 radical (unpaired) electrons. The first kappa shape index (κ1) is 15.8. The molecule has 21 heavy (non-hydrogen) atoms. The van der Waals surface area contributed by atoms with Crippen LogP contribution in [-0.4, -0.2) is 30.0 Å². The minimum Gasteiger partial charge on any atom is -0.371 e. The molecule has 1 saturated carbocycles. The molecule has 1 aliphatic rings. The molecule has 0 aromatic carbocycles. The Morgan fingerprint density at radius 1 is 1.19 bits per heavy atom. The monoisotopic (exact) mass is 289 g/mol. The molecule has 0 spiro atoms. The smallest absolute Gasteiger partial charge is 0.270 e. The largest absolute Gasteiger partial charge is 0.371 e. The van der Waals surface area contributed by atoms with Gasteiger partial charge in [0.1, 0.15) is 5.69 Å². The highest BCUT2D eigenvalue weighted by Crippen LogP contribution is 2.18. The Morgan fingerprint density at radius 2 is 1.86 bits per heavy atom. The van der Waals surface area contributed by atoms with Crippen molar-refractivity contribution in [3.8, 4) is 0 Å². The highest BCUT2D eigenvalue weighted by molar-refractivity contribution is 5.92. The number of amides is 1. The van der Waals surface area contributed by atoms with Crippen molar-refractivity contribution in [2.75, 3.05) is 18.0 Å². The van der Waals surface area contributed by atoms with Gasteiger partial charge in [0.15, 0.2) is 0 Å². The lowest BCUT2D eigenvalue weighted by atomic mass is 10.1. The van der Waals surface area contributed by atoms with Crippen molar-refractivity contribution >= 4 is 11.6 Å². The molecular formula is C17H27N3O. The van der Waals surface area contributed by atoms with Gasteiger partial charge in [-0.25, -0.2) is 4.98 Å². The van der Waals surface area contributed by atoms with Gasteiger partial charge in [0.2, 0.25) is 0 Å². The number of rotatable bonds is 5. The molecule has 1 aromatic rings. The zero-order valence-corrected chi connectivity index (χ0v) is 13.3. The lowest BCUT2D eigenvalue weighted by molar-refractivity contribution is 0.0928. The van der Waals surface area contributed by atoms with Crippen molar-refractivity contribution in [2.24, 2.45) is 0 Å². The zero-order valence-electron chi connectivity index (χ0n) is 13.3. The van der Waals surface area contributed by atoms with Crippen LogP contribution in [0, 0.1) is 0 Å². The van der Waals surface area contributed by atoms with E-state index in [1.54, 1.807) is 6.20 Å². The summed E-state index contributed by atoms with van der Waals surface area (Å²) in [4.78, 5) is 18.8. The van der Waals surface area contributed by atoms with E-state index in [9.17, 15) is 4.79 Å². The molecule has 2 rings (SSSR count). The van der Waals surface area contributed by atoms with E-state index >= 15 is 0 Å². The predicted octanol–water partition coefficient (Wildman–Crippen LogP) is 3.38. The van der Waals surface area contributed by atoms with Crippen LogP contribution in [0.15, 0.2) is 18.3 Å². The minimum atomic E-state index is -0.0343. The topological polar surface area (TPSA) is 45.2 Å². The second kappa shape index (κ2) is 8.01. The van der Waals surface area contributed by atoms with Crippen molar-refractivity contribution in [3.63, 3.8) is 0 Å². The Bertz CT molecular complexity index is 432. The number of carbonyl (C=O) groups is 1. The van der Waals surface area contributed by atoms with E-state index in [2.05, 4.69) is 29.0 Å². The summed E-state index contributed by atoms with van der Waals surface area (Å²) in [6.45, 7) is 6.14. The van der Waals surface area contributed by atoms with E-state index in [1.807, 2.05) is 12.1 Å².